The Balaban J connectivity index is 2.29. The van der Waals surface area contributed by atoms with Crippen molar-refractivity contribution >= 4 is 21.5 Å². The average molecular weight is 301 g/mol. The van der Waals surface area contributed by atoms with Gasteiger partial charge in [0.05, 0.1) is 16.5 Å². The molecule has 1 fully saturated rings. The molecule has 1 heterocycles. The van der Waals surface area contributed by atoms with Gasteiger partial charge in [-0.05, 0) is 25.0 Å². The minimum atomic E-state index is -3.66. The molecule has 1 aromatic rings. The maximum atomic E-state index is 13.6. The molecule has 0 aromatic heterocycles. The topological polar surface area (TPSA) is 105 Å². The molecule has 0 saturated carbocycles. The largest absolute Gasteiger partial charge is 0.384 e. The van der Waals surface area contributed by atoms with E-state index in [0.717, 1.165) is 6.07 Å². The van der Waals surface area contributed by atoms with Crippen LogP contribution in [-0.2, 0) is 14.8 Å². The van der Waals surface area contributed by atoms with Gasteiger partial charge in [-0.25, -0.2) is 12.8 Å². The molecule has 0 bridgehead atoms. The van der Waals surface area contributed by atoms with Gasteiger partial charge in [-0.2, -0.15) is 0 Å². The van der Waals surface area contributed by atoms with Crippen LogP contribution in [0.25, 0.3) is 0 Å². The van der Waals surface area contributed by atoms with E-state index in [4.69, 9.17) is 15.9 Å². The second-order valence-electron chi connectivity index (χ2n) is 4.53. The number of benzene rings is 1. The molecule has 1 aromatic carbocycles. The second kappa shape index (κ2) is 5.76. The summed E-state index contributed by atoms with van der Waals surface area (Å²) in [5, 5.41) is 6.77. The molecule has 0 atom stereocenters. The Labute approximate surface area is 116 Å². The van der Waals surface area contributed by atoms with Crippen molar-refractivity contribution in [1.82, 2.24) is 0 Å². The molecular formula is C12H16FN3O3S. The van der Waals surface area contributed by atoms with Crippen LogP contribution < -0.4 is 10.5 Å². The SMILES string of the molecule is N=C(N)c1c(F)cccc1NS(=O)(=O)C1CCOCC1. The highest BCUT2D eigenvalue weighted by atomic mass is 32.2. The summed E-state index contributed by atoms with van der Waals surface area (Å²) in [7, 11) is -3.66. The lowest BCUT2D eigenvalue weighted by Gasteiger charge is -2.23. The Hall–Kier alpha value is -1.67. The molecule has 0 radical (unpaired) electrons. The summed E-state index contributed by atoms with van der Waals surface area (Å²) < 4.78 is 45.6. The van der Waals surface area contributed by atoms with Crippen LogP contribution in [0.3, 0.4) is 0 Å². The highest BCUT2D eigenvalue weighted by Gasteiger charge is 2.28. The predicted molar refractivity (Wildman–Crippen MR) is 73.8 cm³/mol. The van der Waals surface area contributed by atoms with E-state index < -0.39 is 26.9 Å². The van der Waals surface area contributed by atoms with Crippen molar-refractivity contribution < 1.29 is 17.5 Å². The maximum absolute atomic E-state index is 13.6. The monoisotopic (exact) mass is 301 g/mol. The van der Waals surface area contributed by atoms with Crippen molar-refractivity contribution in [3.8, 4) is 0 Å². The number of rotatable bonds is 4. The summed E-state index contributed by atoms with van der Waals surface area (Å²) in [6.45, 7) is 0.766. The molecule has 1 aliphatic rings. The molecule has 110 valence electrons. The van der Waals surface area contributed by atoms with Crippen LogP contribution in [0.1, 0.15) is 18.4 Å². The molecule has 8 heteroatoms. The number of nitrogens with two attached hydrogens (primary N) is 1. The van der Waals surface area contributed by atoms with Gasteiger partial charge in [0.15, 0.2) is 0 Å². The van der Waals surface area contributed by atoms with E-state index in [9.17, 15) is 12.8 Å². The molecule has 0 amide bonds. The summed E-state index contributed by atoms with van der Waals surface area (Å²) in [5.41, 5.74) is 5.06. The lowest BCUT2D eigenvalue weighted by molar-refractivity contribution is 0.0984. The first-order valence-corrected chi connectivity index (χ1v) is 7.69. The van der Waals surface area contributed by atoms with Gasteiger partial charge in [0.1, 0.15) is 11.7 Å². The molecule has 2 rings (SSSR count). The summed E-state index contributed by atoms with van der Waals surface area (Å²) >= 11 is 0. The minimum Gasteiger partial charge on any atom is -0.384 e. The third kappa shape index (κ3) is 3.07. The summed E-state index contributed by atoms with van der Waals surface area (Å²) in [6.07, 6.45) is 0.778. The number of ether oxygens (including phenoxy) is 1. The average Bonchev–Trinajstić information content (AvgIpc) is 2.39. The van der Waals surface area contributed by atoms with Crippen LogP contribution in [-0.4, -0.2) is 32.7 Å². The fourth-order valence-corrected chi connectivity index (χ4v) is 3.56. The number of nitrogens with one attached hydrogen (secondary N) is 2. The summed E-state index contributed by atoms with van der Waals surface area (Å²) in [6, 6.07) is 3.88. The molecule has 0 spiro atoms. The Morgan fingerprint density at radius 3 is 2.65 bits per heavy atom. The smallest absolute Gasteiger partial charge is 0.235 e. The van der Waals surface area contributed by atoms with Gasteiger partial charge in [-0.1, -0.05) is 6.07 Å². The zero-order valence-corrected chi connectivity index (χ0v) is 11.5. The van der Waals surface area contributed by atoms with Gasteiger partial charge < -0.3 is 10.5 Å². The van der Waals surface area contributed by atoms with E-state index in [0.29, 0.717) is 26.1 Å². The second-order valence-corrected chi connectivity index (χ2v) is 6.50. The van der Waals surface area contributed by atoms with E-state index in [1.54, 1.807) is 0 Å². The molecular weight excluding hydrogens is 285 g/mol. The minimum absolute atomic E-state index is 0.0102. The van der Waals surface area contributed by atoms with E-state index in [1.807, 2.05) is 0 Å². The fourth-order valence-electron chi connectivity index (χ4n) is 2.11. The number of hydrogen-bond acceptors (Lipinski definition) is 4. The van der Waals surface area contributed by atoms with Crippen molar-refractivity contribution in [2.45, 2.75) is 18.1 Å². The van der Waals surface area contributed by atoms with Gasteiger partial charge in [0.25, 0.3) is 0 Å². The van der Waals surface area contributed by atoms with Gasteiger partial charge in [-0.15, -0.1) is 0 Å². The zero-order valence-electron chi connectivity index (χ0n) is 10.7. The number of hydrogen-bond donors (Lipinski definition) is 3. The lowest BCUT2D eigenvalue weighted by atomic mass is 10.1. The van der Waals surface area contributed by atoms with E-state index in [1.165, 1.54) is 12.1 Å². The first-order valence-electron chi connectivity index (χ1n) is 6.14. The van der Waals surface area contributed by atoms with Crippen LogP contribution >= 0.6 is 0 Å². The van der Waals surface area contributed by atoms with Gasteiger partial charge in [-0.3, -0.25) is 10.1 Å². The molecule has 6 nitrogen and oxygen atoms in total. The fraction of sp³-hybridized carbons (Fsp3) is 0.417. The molecule has 20 heavy (non-hydrogen) atoms. The summed E-state index contributed by atoms with van der Waals surface area (Å²) in [4.78, 5) is 0. The molecule has 0 aliphatic carbocycles. The highest BCUT2D eigenvalue weighted by molar-refractivity contribution is 7.93. The lowest BCUT2D eigenvalue weighted by Crippen LogP contribution is -2.34. The quantitative estimate of drug-likeness (QED) is 0.570. The van der Waals surface area contributed by atoms with Crippen molar-refractivity contribution in [1.29, 1.82) is 5.41 Å². The van der Waals surface area contributed by atoms with Crippen molar-refractivity contribution in [3.63, 3.8) is 0 Å². The van der Waals surface area contributed by atoms with Crippen LogP contribution in [0.2, 0.25) is 0 Å². The first kappa shape index (κ1) is 14.7. The third-order valence-corrected chi connectivity index (χ3v) is 5.00. The number of halogens is 1. The zero-order chi connectivity index (χ0) is 14.8. The number of anilines is 1. The molecule has 1 saturated heterocycles. The van der Waals surface area contributed by atoms with E-state index >= 15 is 0 Å². The Kier molecular flexibility index (Phi) is 4.24. The predicted octanol–water partition coefficient (Wildman–Crippen LogP) is 1.03. The standard InChI is InChI=1S/C12H16FN3O3S/c13-9-2-1-3-10(11(9)12(14)15)16-20(17,18)8-4-6-19-7-5-8/h1-3,8,16H,4-7H2,(H3,14,15). The maximum Gasteiger partial charge on any atom is 0.235 e. The summed E-state index contributed by atoms with van der Waals surface area (Å²) in [5.74, 6) is -1.25. The van der Waals surface area contributed by atoms with Crippen molar-refractivity contribution in [2.75, 3.05) is 17.9 Å². The number of nitrogen functional groups attached to an aromatic ring is 1. The van der Waals surface area contributed by atoms with Crippen LogP contribution in [0, 0.1) is 11.2 Å². The van der Waals surface area contributed by atoms with Crippen LogP contribution in [0.4, 0.5) is 10.1 Å². The molecule has 4 N–H and O–H groups in total. The van der Waals surface area contributed by atoms with E-state index in [2.05, 4.69) is 4.72 Å². The van der Waals surface area contributed by atoms with Crippen molar-refractivity contribution in [3.05, 3.63) is 29.6 Å². The third-order valence-electron chi connectivity index (χ3n) is 3.14. The molecule has 0 unspecified atom stereocenters. The van der Waals surface area contributed by atoms with Gasteiger partial charge in [0, 0.05) is 13.2 Å². The number of sulfonamides is 1. The van der Waals surface area contributed by atoms with Gasteiger partial charge >= 0.3 is 0 Å². The first-order chi connectivity index (χ1) is 9.42. The highest BCUT2D eigenvalue weighted by Crippen LogP contribution is 2.23. The van der Waals surface area contributed by atoms with Crippen LogP contribution in [0.5, 0.6) is 0 Å². The Morgan fingerprint density at radius 1 is 1.40 bits per heavy atom. The van der Waals surface area contributed by atoms with E-state index in [-0.39, 0.29) is 11.3 Å². The Morgan fingerprint density at radius 2 is 2.05 bits per heavy atom. The van der Waals surface area contributed by atoms with Crippen molar-refractivity contribution in [2.24, 2.45) is 5.73 Å². The normalized spacial score (nSPS) is 16.9. The number of amidine groups is 1. The van der Waals surface area contributed by atoms with Crippen LogP contribution in [0.15, 0.2) is 18.2 Å². The Bertz CT molecular complexity index is 612. The van der Waals surface area contributed by atoms with Gasteiger partial charge in [0.2, 0.25) is 10.0 Å². The molecule has 1 aliphatic heterocycles.